The number of nitrogens with one attached hydrogen (secondary N) is 1. The molecule has 3 heterocycles. The van der Waals surface area contributed by atoms with E-state index >= 15 is 0 Å². The van der Waals surface area contributed by atoms with Crippen LogP contribution in [0.3, 0.4) is 0 Å². The molecule has 158 valence electrons. The second-order valence-electron chi connectivity index (χ2n) is 8.02. The number of nitrogen functional groups attached to an aromatic ring is 1. The zero-order valence-corrected chi connectivity index (χ0v) is 17.4. The summed E-state index contributed by atoms with van der Waals surface area (Å²) in [5, 5.41) is 2.95. The molecule has 0 bridgehead atoms. The average Bonchev–Trinajstić information content (AvgIpc) is 3.07. The largest absolute Gasteiger partial charge is 0.384 e. The van der Waals surface area contributed by atoms with Gasteiger partial charge in [0.2, 0.25) is 0 Å². The number of hydrogen-bond acceptors (Lipinski definition) is 5. The van der Waals surface area contributed by atoms with Gasteiger partial charge in [-0.25, -0.2) is 9.97 Å². The van der Waals surface area contributed by atoms with Crippen LogP contribution in [0.2, 0.25) is 0 Å². The molecule has 3 N–H and O–H groups in total. The summed E-state index contributed by atoms with van der Waals surface area (Å²) in [7, 11) is 0. The molecule has 4 aromatic rings. The summed E-state index contributed by atoms with van der Waals surface area (Å²) in [6.07, 6.45) is 3.76. The van der Waals surface area contributed by atoms with Gasteiger partial charge in [-0.2, -0.15) is 0 Å². The van der Waals surface area contributed by atoms with Gasteiger partial charge in [0.25, 0.3) is 5.91 Å². The Balaban J connectivity index is 1.57. The molecule has 1 fully saturated rings. The van der Waals surface area contributed by atoms with Crippen LogP contribution in [0.5, 0.6) is 0 Å². The Morgan fingerprint density at radius 2 is 1.58 bits per heavy atom. The number of nitrogens with zero attached hydrogens (tertiary/aromatic N) is 4. The Morgan fingerprint density at radius 1 is 0.903 bits per heavy atom. The fraction of sp³-hybridized carbons (Fsp3) is 0.292. The number of para-hydroxylation sites is 3. The molecule has 0 atom stereocenters. The second-order valence-corrected chi connectivity index (χ2v) is 8.02. The number of rotatable bonds is 5. The molecule has 0 radical (unpaired) electrons. The molecule has 5 rings (SSSR count). The Hall–Kier alpha value is -3.45. The predicted octanol–water partition coefficient (Wildman–Crippen LogP) is 3.90. The van der Waals surface area contributed by atoms with E-state index in [9.17, 15) is 4.79 Å². The van der Waals surface area contributed by atoms with Crippen LogP contribution in [0.15, 0.2) is 54.6 Å². The van der Waals surface area contributed by atoms with Crippen molar-refractivity contribution in [3.05, 3.63) is 60.2 Å². The highest BCUT2D eigenvalue weighted by Gasteiger charge is 2.24. The van der Waals surface area contributed by atoms with E-state index in [1.54, 1.807) is 0 Å². The van der Waals surface area contributed by atoms with Gasteiger partial charge in [-0.3, -0.25) is 4.79 Å². The standard InChI is InChI=1S/C24H26N6O/c25-22-20(24(31)26-17-9-3-1-4-10-17)21-23(28-19-12-6-5-11-18(19)27-21)30(22)16-15-29-13-7-2-8-14-29/h1,3-6,9-12H,2,7-8,13-16,25H2,(H,26,31). The lowest BCUT2D eigenvalue weighted by atomic mass is 10.1. The van der Waals surface area contributed by atoms with Gasteiger partial charge in [0.15, 0.2) is 5.65 Å². The van der Waals surface area contributed by atoms with Gasteiger partial charge in [-0.05, 0) is 50.2 Å². The van der Waals surface area contributed by atoms with Crippen LogP contribution in [-0.4, -0.2) is 45.0 Å². The minimum atomic E-state index is -0.269. The first-order valence-corrected chi connectivity index (χ1v) is 10.8. The van der Waals surface area contributed by atoms with Crippen LogP contribution in [-0.2, 0) is 6.54 Å². The third-order valence-corrected chi connectivity index (χ3v) is 5.94. The van der Waals surface area contributed by atoms with E-state index in [1.807, 2.05) is 59.2 Å². The summed E-state index contributed by atoms with van der Waals surface area (Å²) in [5.74, 6) is 0.144. The number of fused-ring (bicyclic) bond motifs is 2. The van der Waals surface area contributed by atoms with Gasteiger partial charge in [-0.1, -0.05) is 36.8 Å². The minimum Gasteiger partial charge on any atom is -0.384 e. The molecule has 0 unspecified atom stereocenters. The molecule has 0 aliphatic carbocycles. The second kappa shape index (κ2) is 8.35. The first kappa shape index (κ1) is 19.5. The van der Waals surface area contributed by atoms with Gasteiger partial charge in [0.05, 0.1) is 11.0 Å². The number of carbonyl (C=O) groups is 1. The summed E-state index contributed by atoms with van der Waals surface area (Å²) < 4.78 is 1.95. The van der Waals surface area contributed by atoms with Crippen LogP contribution in [0.4, 0.5) is 11.5 Å². The molecule has 1 amide bonds. The van der Waals surface area contributed by atoms with Crippen molar-refractivity contribution in [2.45, 2.75) is 25.8 Å². The van der Waals surface area contributed by atoms with Crippen LogP contribution in [0.1, 0.15) is 29.6 Å². The molecule has 2 aromatic carbocycles. The normalized spacial score (nSPS) is 14.8. The number of anilines is 2. The maximum atomic E-state index is 13.2. The molecular formula is C24H26N6O. The first-order chi connectivity index (χ1) is 15.2. The van der Waals surface area contributed by atoms with Crippen molar-refractivity contribution < 1.29 is 4.79 Å². The maximum Gasteiger partial charge on any atom is 0.261 e. The number of likely N-dealkylation sites (tertiary alicyclic amines) is 1. The molecule has 0 saturated carbocycles. The Bertz CT molecular complexity index is 1230. The summed E-state index contributed by atoms with van der Waals surface area (Å²) in [6, 6.07) is 17.1. The highest BCUT2D eigenvalue weighted by molar-refractivity contribution is 6.16. The third kappa shape index (κ3) is 3.84. The molecular weight excluding hydrogens is 388 g/mol. The molecule has 1 aliphatic heterocycles. The molecule has 2 aromatic heterocycles. The maximum absolute atomic E-state index is 13.2. The summed E-state index contributed by atoms with van der Waals surface area (Å²) in [4.78, 5) is 25.3. The zero-order valence-electron chi connectivity index (χ0n) is 17.4. The van der Waals surface area contributed by atoms with E-state index in [0.29, 0.717) is 29.1 Å². The number of nitrogens with two attached hydrogens (primary N) is 1. The summed E-state index contributed by atoms with van der Waals surface area (Å²) >= 11 is 0. The van der Waals surface area contributed by atoms with E-state index in [4.69, 9.17) is 15.7 Å². The fourth-order valence-corrected chi connectivity index (χ4v) is 4.31. The SMILES string of the molecule is Nc1c(C(=O)Nc2ccccc2)c2nc3ccccc3nc2n1CCN1CCCCC1. The third-order valence-electron chi connectivity index (χ3n) is 5.94. The van der Waals surface area contributed by atoms with Crippen molar-refractivity contribution in [1.82, 2.24) is 19.4 Å². The van der Waals surface area contributed by atoms with Gasteiger partial charge in [0.1, 0.15) is 16.9 Å². The van der Waals surface area contributed by atoms with E-state index in [0.717, 1.165) is 36.4 Å². The fourth-order valence-electron chi connectivity index (χ4n) is 4.31. The Kier molecular flexibility index (Phi) is 5.26. The van der Waals surface area contributed by atoms with Crippen LogP contribution in [0, 0.1) is 0 Å². The van der Waals surface area contributed by atoms with Gasteiger partial charge in [-0.15, -0.1) is 0 Å². The van der Waals surface area contributed by atoms with Gasteiger partial charge < -0.3 is 20.5 Å². The minimum absolute atomic E-state index is 0.269. The Morgan fingerprint density at radius 3 is 2.32 bits per heavy atom. The monoisotopic (exact) mass is 414 g/mol. The van der Waals surface area contributed by atoms with Gasteiger partial charge >= 0.3 is 0 Å². The molecule has 1 saturated heterocycles. The van der Waals surface area contributed by atoms with Crippen molar-refractivity contribution in [1.29, 1.82) is 0 Å². The molecule has 7 nitrogen and oxygen atoms in total. The number of carbonyl (C=O) groups excluding carboxylic acids is 1. The lowest BCUT2D eigenvalue weighted by molar-refractivity contribution is 0.102. The van der Waals surface area contributed by atoms with E-state index in [2.05, 4.69) is 10.2 Å². The smallest absolute Gasteiger partial charge is 0.261 e. The molecule has 0 spiro atoms. The molecule has 31 heavy (non-hydrogen) atoms. The summed E-state index contributed by atoms with van der Waals surface area (Å²) in [6.45, 7) is 3.76. The predicted molar refractivity (Wildman–Crippen MR) is 124 cm³/mol. The lowest BCUT2D eigenvalue weighted by Crippen LogP contribution is -2.32. The van der Waals surface area contributed by atoms with Gasteiger partial charge in [0, 0.05) is 18.8 Å². The van der Waals surface area contributed by atoms with Crippen molar-refractivity contribution in [3.63, 3.8) is 0 Å². The zero-order chi connectivity index (χ0) is 21.2. The number of aromatic nitrogens is 3. The van der Waals surface area contributed by atoms with Crippen molar-refractivity contribution in [2.24, 2.45) is 0 Å². The van der Waals surface area contributed by atoms with Crippen molar-refractivity contribution >= 4 is 39.6 Å². The molecule has 7 heteroatoms. The topological polar surface area (TPSA) is 89.1 Å². The number of piperidine rings is 1. The van der Waals surface area contributed by atoms with E-state index < -0.39 is 0 Å². The van der Waals surface area contributed by atoms with E-state index in [1.165, 1.54) is 19.3 Å². The van der Waals surface area contributed by atoms with Crippen molar-refractivity contribution in [3.8, 4) is 0 Å². The number of benzene rings is 2. The van der Waals surface area contributed by atoms with E-state index in [-0.39, 0.29) is 5.91 Å². The van der Waals surface area contributed by atoms with Crippen LogP contribution >= 0.6 is 0 Å². The lowest BCUT2D eigenvalue weighted by Gasteiger charge is -2.26. The van der Waals surface area contributed by atoms with Crippen LogP contribution < -0.4 is 11.1 Å². The number of amides is 1. The first-order valence-electron chi connectivity index (χ1n) is 10.8. The van der Waals surface area contributed by atoms with Crippen molar-refractivity contribution in [2.75, 3.05) is 30.7 Å². The number of hydrogen-bond donors (Lipinski definition) is 2. The molecule has 1 aliphatic rings. The highest BCUT2D eigenvalue weighted by Crippen LogP contribution is 2.29. The quantitative estimate of drug-likeness (QED) is 0.517. The average molecular weight is 415 g/mol. The highest BCUT2D eigenvalue weighted by atomic mass is 16.1. The Labute approximate surface area is 180 Å². The van der Waals surface area contributed by atoms with Crippen LogP contribution in [0.25, 0.3) is 22.2 Å². The summed E-state index contributed by atoms with van der Waals surface area (Å²) in [5.41, 5.74) is 10.4.